The average Bonchev–Trinajstić information content (AvgIpc) is 3.45. The summed E-state index contributed by atoms with van der Waals surface area (Å²) in [6.45, 7) is 4.24. The SMILES string of the molecule is [CH2]C(=O)N1CCC[C@H]1c1nc(-c2ccc(C(=O)Nc3ccccn3)cc2)c2c(N)nccn12. The Hall–Kier alpha value is -4.27. The van der Waals surface area contributed by atoms with Gasteiger partial charge in [0, 0.05) is 43.2 Å². The molecule has 9 nitrogen and oxygen atoms in total. The van der Waals surface area contributed by atoms with Crippen molar-refractivity contribution in [1.82, 2.24) is 24.3 Å². The van der Waals surface area contributed by atoms with Crippen LogP contribution >= 0.6 is 0 Å². The predicted octanol–water partition coefficient (Wildman–Crippen LogP) is 3.12. The molecular weight excluding hydrogens is 418 g/mol. The first kappa shape index (κ1) is 20.6. The van der Waals surface area contributed by atoms with Gasteiger partial charge in [-0.3, -0.25) is 14.0 Å². The molecule has 1 atom stereocenters. The number of hydrogen-bond acceptors (Lipinski definition) is 6. The molecule has 0 aliphatic carbocycles. The van der Waals surface area contributed by atoms with Crippen LogP contribution in [0.3, 0.4) is 0 Å². The fraction of sp³-hybridized carbons (Fsp3) is 0.167. The van der Waals surface area contributed by atoms with E-state index in [1.165, 1.54) is 0 Å². The van der Waals surface area contributed by atoms with Crippen molar-refractivity contribution in [3.63, 3.8) is 0 Å². The number of nitrogen functional groups attached to an aromatic ring is 1. The van der Waals surface area contributed by atoms with E-state index in [-0.39, 0.29) is 17.9 Å². The van der Waals surface area contributed by atoms with Crippen molar-refractivity contribution in [3.8, 4) is 11.3 Å². The number of nitrogens with zero attached hydrogens (tertiary/aromatic N) is 5. The molecule has 1 saturated heterocycles. The number of amides is 2. The van der Waals surface area contributed by atoms with Gasteiger partial charge < -0.3 is 16.0 Å². The van der Waals surface area contributed by atoms with E-state index in [2.05, 4.69) is 22.2 Å². The van der Waals surface area contributed by atoms with Gasteiger partial charge in [-0.25, -0.2) is 15.0 Å². The third-order valence-corrected chi connectivity index (χ3v) is 5.81. The molecule has 33 heavy (non-hydrogen) atoms. The van der Waals surface area contributed by atoms with E-state index >= 15 is 0 Å². The zero-order valence-electron chi connectivity index (χ0n) is 17.8. The molecule has 0 bridgehead atoms. The Morgan fingerprint density at radius 2 is 1.91 bits per heavy atom. The van der Waals surface area contributed by atoms with Crippen LogP contribution in [0.25, 0.3) is 16.8 Å². The number of pyridine rings is 1. The maximum atomic E-state index is 12.6. The molecule has 165 valence electrons. The van der Waals surface area contributed by atoms with Gasteiger partial charge in [0.15, 0.2) is 0 Å². The van der Waals surface area contributed by atoms with Crippen molar-refractivity contribution in [2.45, 2.75) is 18.9 Å². The number of imidazole rings is 1. The zero-order valence-corrected chi connectivity index (χ0v) is 17.8. The highest BCUT2D eigenvalue weighted by Gasteiger charge is 2.32. The number of fused-ring (bicyclic) bond motifs is 1. The standard InChI is InChI=1S/C24H22N7O2/c1-15(32)30-13-4-5-18(30)23-29-20(21-22(25)27-12-14-31(21)23)16-7-9-17(10-8-16)24(33)28-19-6-2-3-11-26-19/h2-3,6-12,14,18H,1,4-5,13H2,(H2,25,27)(H,26,28,33)/t18-/m0/s1. The number of hydrogen-bond donors (Lipinski definition) is 2. The molecule has 1 aromatic carbocycles. The Kier molecular flexibility index (Phi) is 5.21. The fourth-order valence-corrected chi connectivity index (χ4v) is 4.26. The molecule has 3 N–H and O–H groups in total. The molecule has 5 rings (SSSR count). The second-order valence-corrected chi connectivity index (χ2v) is 7.84. The lowest BCUT2D eigenvalue weighted by molar-refractivity contribution is -0.127. The van der Waals surface area contributed by atoms with Gasteiger partial charge in [0.2, 0.25) is 5.91 Å². The van der Waals surface area contributed by atoms with Crippen molar-refractivity contribution >= 4 is 29.0 Å². The van der Waals surface area contributed by atoms with Crippen LogP contribution in [0.5, 0.6) is 0 Å². The first-order valence-electron chi connectivity index (χ1n) is 10.6. The van der Waals surface area contributed by atoms with E-state index in [1.54, 1.807) is 53.8 Å². The third-order valence-electron chi connectivity index (χ3n) is 5.81. The Morgan fingerprint density at radius 3 is 2.64 bits per heavy atom. The van der Waals surface area contributed by atoms with Gasteiger partial charge in [0.05, 0.1) is 6.04 Å². The zero-order chi connectivity index (χ0) is 22.9. The van der Waals surface area contributed by atoms with E-state index in [0.717, 1.165) is 24.2 Å². The summed E-state index contributed by atoms with van der Waals surface area (Å²) in [6.07, 6.45) is 6.72. The molecule has 1 fully saturated rings. The predicted molar refractivity (Wildman–Crippen MR) is 124 cm³/mol. The van der Waals surface area contributed by atoms with Gasteiger partial charge in [-0.15, -0.1) is 0 Å². The summed E-state index contributed by atoms with van der Waals surface area (Å²) in [6, 6.07) is 12.2. The van der Waals surface area contributed by atoms with E-state index in [4.69, 9.17) is 10.7 Å². The van der Waals surface area contributed by atoms with Crippen LogP contribution in [0.2, 0.25) is 0 Å². The average molecular weight is 440 g/mol. The largest absolute Gasteiger partial charge is 0.382 e. The summed E-state index contributed by atoms with van der Waals surface area (Å²) in [5.74, 6) is 1.07. The van der Waals surface area contributed by atoms with Gasteiger partial charge >= 0.3 is 0 Å². The van der Waals surface area contributed by atoms with Crippen LogP contribution in [0.4, 0.5) is 11.6 Å². The minimum Gasteiger partial charge on any atom is -0.382 e. The number of nitrogens with two attached hydrogens (primary N) is 1. The molecule has 1 radical (unpaired) electrons. The lowest BCUT2D eigenvalue weighted by atomic mass is 10.1. The number of benzene rings is 1. The molecule has 1 aliphatic rings. The molecule has 2 amide bonds. The number of likely N-dealkylation sites (tertiary alicyclic amines) is 1. The first-order valence-corrected chi connectivity index (χ1v) is 10.6. The highest BCUT2D eigenvalue weighted by Crippen LogP contribution is 2.36. The summed E-state index contributed by atoms with van der Waals surface area (Å²) in [5.41, 5.74) is 8.83. The fourth-order valence-electron chi connectivity index (χ4n) is 4.26. The van der Waals surface area contributed by atoms with E-state index in [1.807, 2.05) is 16.5 Å². The Bertz CT molecular complexity index is 1330. The van der Waals surface area contributed by atoms with E-state index < -0.39 is 0 Å². The van der Waals surface area contributed by atoms with Crippen LogP contribution in [0.1, 0.15) is 35.1 Å². The monoisotopic (exact) mass is 440 g/mol. The molecule has 4 aromatic rings. The maximum Gasteiger partial charge on any atom is 0.256 e. The normalized spacial score (nSPS) is 15.7. The topological polar surface area (TPSA) is 119 Å². The number of nitrogens with one attached hydrogen (secondary N) is 1. The maximum absolute atomic E-state index is 12.6. The van der Waals surface area contributed by atoms with Gasteiger partial charge in [0.1, 0.15) is 28.7 Å². The highest BCUT2D eigenvalue weighted by atomic mass is 16.2. The van der Waals surface area contributed by atoms with Crippen molar-refractivity contribution in [2.24, 2.45) is 0 Å². The van der Waals surface area contributed by atoms with Crippen LogP contribution in [-0.2, 0) is 4.79 Å². The lowest BCUT2D eigenvalue weighted by Gasteiger charge is -2.22. The molecular formula is C24H22N7O2. The summed E-state index contributed by atoms with van der Waals surface area (Å²) in [7, 11) is 0. The van der Waals surface area contributed by atoms with Gasteiger partial charge in [-0.1, -0.05) is 18.2 Å². The Labute approximate surface area is 190 Å². The first-order chi connectivity index (χ1) is 16.0. The number of aromatic nitrogens is 4. The van der Waals surface area contributed by atoms with Crippen molar-refractivity contribution in [1.29, 1.82) is 0 Å². The number of carbonyl (C=O) groups excluding carboxylic acids is 2. The Morgan fingerprint density at radius 1 is 1.09 bits per heavy atom. The third kappa shape index (κ3) is 3.78. The summed E-state index contributed by atoms with van der Waals surface area (Å²) in [4.78, 5) is 39.6. The second kappa shape index (κ2) is 8.34. The number of rotatable bonds is 4. The minimum absolute atomic E-state index is 0.179. The van der Waals surface area contributed by atoms with Crippen LogP contribution in [0, 0.1) is 6.92 Å². The van der Waals surface area contributed by atoms with Crippen molar-refractivity contribution in [2.75, 3.05) is 17.6 Å². The molecule has 1 aliphatic heterocycles. The number of carbonyl (C=O) groups is 2. The Balaban J connectivity index is 1.51. The summed E-state index contributed by atoms with van der Waals surface area (Å²) in [5, 5.41) is 2.77. The van der Waals surface area contributed by atoms with Crippen molar-refractivity contribution in [3.05, 3.63) is 79.4 Å². The molecule has 0 spiro atoms. The molecule has 9 heteroatoms. The minimum atomic E-state index is -0.257. The smallest absolute Gasteiger partial charge is 0.256 e. The second-order valence-electron chi connectivity index (χ2n) is 7.84. The molecule has 0 saturated carbocycles. The lowest BCUT2D eigenvalue weighted by Crippen LogP contribution is -2.29. The highest BCUT2D eigenvalue weighted by molar-refractivity contribution is 6.04. The summed E-state index contributed by atoms with van der Waals surface area (Å²) >= 11 is 0. The van der Waals surface area contributed by atoms with E-state index in [0.29, 0.717) is 35.0 Å². The van der Waals surface area contributed by atoms with Gasteiger partial charge in [-0.05, 0) is 37.1 Å². The molecule has 0 unspecified atom stereocenters. The number of anilines is 2. The molecule has 3 aromatic heterocycles. The van der Waals surface area contributed by atoms with Gasteiger partial charge in [0.25, 0.3) is 5.91 Å². The van der Waals surface area contributed by atoms with Crippen LogP contribution in [-0.4, -0.2) is 42.6 Å². The van der Waals surface area contributed by atoms with Crippen LogP contribution in [0.15, 0.2) is 61.1 Å². The van der Waals surface area contributed by atoms with Crippen molar-refractivity contribution < 1.29 is 9.59 Å². The summed E-state index contributed by atoms with van der Waals surface area (Å²) < 4.78 is 1.89. The molecule has 4 heterocycles. The van der Waals surface area contributed by atoms with Gasteiger partial charge in [-0.2, -0.15) is 0 Å². The van der Waals surface area contributed by atoms with Crippen LogP contribution < -0.4 is 11.1 Å². The quantitative estimate of drug-likeness (QED) is 0.503. The van der Waals surface area contributed by atoms with E-state index in [9.17, 15) is 9.59 Å².